The number of aliphatic hydroxyl groups is 1. The SMILES string of the molecule is Nc1ccc(NC(=O)COc2cccc(CO)c2)c(Cl)c1. The van der Waals surface area contributed by atoms with Crippen LogP contribution in [-0.4, -0.2) is 17.6 Å². The molecule has 0 heterocycles. The molecule has 0 saturated heterocycles. The largest absolute Gasteiger partial charge is 0.484 e. The van der Waals surface area contributed by atoms with Gasteiger partial charge in [-0.1, -0.05) is 23.7 Å². The fourth-order valence-corrected chi connectivity index (χ4v) is 1.94. The molecule has 0 bridgehead atoms. The summed E-state index contributed by atoms with van der Waals surface area (Å²) in [7, 11) is 0. The van der Waals surface area contributed by atoms with Crippen molar-refractivity contribution in [3.8, 4) is 5.75 Å². The van der Waals surface area contributed by atoms with Crippen LogP contribution in [0.5, 0.6) is 5.75 Å². The molecule has 0 atom stereocenters. The van der Waals surface area contributed by atoms with Crippen LogP contribution in [0.3, 0.4) is 0 Å². The van der Waals surface area contributed by atoms with Crippen molar-refractivity contribution in [2.45, 2.75) is 6.61 Å². The predicted molar refractivity (Wildman–Crippen MR) is 82.4 cm³/mol. The van der Waals surface area contributed by atoms with Gasteiger partial charge >= 0.3 is 0 Å². The molecule has 0 radical (unpaired) electrons. The number of amides is 1. The lowest BCUT2D eigenvalue weighted by molar-refractivity contribution is -0.118. The van der Waals surface area contributed by atoms with Crippen LogP contribution in [0.15, 0.2) is 42.5 Å². The van der Waals surface area contributed by atoms with Gasteiger partial charge in [-0.3, -0.25) is 4.79 Å². The van der Waals surface area contributed by atoms with Crippen LogP contribution < -0.4 is 15.8 Å². The molecule has 0 aromatic heterocycles. The van der Waals surface area contributed by atoms with Crippen LogP contribution in [0.1, 0.15) is 5.56 Å². The van der Waals surface area contributed by atoms with Crippen molar-refractivity contribution in [2.24, 2.45) is 0 Å². The summed E-state index contributed by atoms with van der Waals surface area (Å²) in [6.07, 6.45) is 0. The van der Waals surface area contributed by atoms with Crippen molar-refractivity contribution < 1.29 is 14.6 Å². The molecular weight excluding hydrogens is 292 g/mol. The molecule has 2 rings (SSSR count). The van der Waals surface area contributed by atoms with Gasteiger partial charge < -0.3 is 20.9 Å². The molecule has 2 aromatic carbocycles. The molecule has 0 aliphatic carbocycles. The summed E-state index contributed by atoms with van der Waals surface area (Å²) in [6, 6.07) is 11.7. The molecule has 0 aliphatic heterocycles. The number of aliphatic hydroxyl groups excluding tert-OH is 1. The van der Waals surface area contributed by atoms with Crippen LogP contribution in [-0.2, 0) is 11.4 Å². The molecule has 0 saturated carbocycles. The Morgan fingerprint density at radius 1 is 1.29 bits per heavy atom. The van der Waals surface area contributed by atoms with Gasteiger partial charge in [0.25, 0.3) is 5.91 Å². The zero-order chi connectivity index (χ0) is 15.2. The minimum absolute atomic E-state index is 0.0789. The fraction of sp³-hybridized carbons (Fsp3) is 0.133. The van der Waals surface area contributed by atoms with Gasteiger partial charge in [0.05, 0.1) is 17.3 Å². The lowest BCUT2D eigenvalue weighted by Gasteiger charge is -2.09. The molecule has 6 heteroatoms. The first-order chi connectivity index (χ1) is 10.1. The second-order valence-corrected chi connectivity index (χ2v) is 4.79. The van der Waals surface area contributed by atoms with Crippen LogP contribution >= 0.6 is 11.6 Å². The molecule has 0 fully saturated rings. The highest BCUT2D eigenvalue weighted by molar-refractivity contribution is 6.34. The first-order valence-electron chi connectivity index (χ1n) is 6.26. The quantitative estimate of drug-likeness (QED) is 0.741. The van der Waals surface area contributed by atoms with E-state index in [1.807, 2.05) is 0 Å². The third-order valence-corrected chi connectivity index (χ3v) is 3.03. The second-order valence-electron chi connectivity index (χ2n) is 4.38. The lowest BCUT2D eigenvalue weighted by atomic mass is 10.2. The smallest absolute Gasteiger partial charge is 0.262 e. The van der Waals surface area contributed by atoms with E-state index in [1.165, 1.54) is 0 Å². The minimum Gasteiger partial charge on any atom is -0.484 e. The van der Waals surface area contributed by atoms with Gasteiger partial charge in [0, 0.05) is 5.69 Å². The summed E-state index contributed by atoms with van der Waals surface area (Å²) in [5.41, 5.74) is 7.29. The lowest BCUT2D eigenvalue weighted by Crippen LogP contribution is -2.20. The maximum atomic E-state index is 11.8. The van der Waals surface area contributed by atoms with Gasteiger partial charge in [-0.2, -0.15) is 0 Å². The van der Waals surface area contributed by atoms with Crippen molar-refractivity contribution in [3.63, 3.8) is 0 Å². The number of benzene rings is 2. The average Bonchev–Trinajstić information content (AvgIpc) is 2.48. The van der Waals surface area contributed by atoms with Crippen molar-refractivity contribution in [1.82, 2.24) is 0 Å². The summed E-state index contributed by atoms with van der Waals surface area (Å²) in [5, 5.41) is 12.0. The molecule has 0 unspecified atom stereocenters. The summed E-state index contributed by atoms with van der Waals surface area (Å²) >= 11 is 5.97. The van der Waals surface area contributed by atoms with Gasteiger partial charge in [-0.05, 0) is 35.9 Å². The van der Waals surface area contributed by atoms with Crippen molar-refractivity contribution in [1.29, 1.82) is 0 Å². The number of rotatable bonds is 5. The number of carbonyl (C=O) groups is 1. The third-order valence-electron chi connectivity index (χ3n) is 2.72. The van der Waals surface area contributed by atoms with E-state index in [0.29, 0.717) is 22.1 Å². The van der Waals surface area contributed by atoms with E-state index in [4.69, 9.17) is 27.2 Å². The maximum absolute atomic E-state index is 11.8. The molecule has 0 aliphatic rings. The standard InChI is InChI=1S/C15H15ClN2O3/c16-13-7-11(17)4-5-14(13)18-15(20)9-21-12-3-1-2-10(6-12)8-19/h1-7,19H,8-9,17H2,(H,18,20). The summed E-state index contributed by atoms with van der Waals surface area (Å²) < 4.78 is 5.36. The fourth-order valence-electron chi connectivity index (χ4n) is 1.70. The molecular formula is C15H15ClN2O3. The molecule has 2 aromatic rings. The first kappa shape index (κ1) is 15.2. The molecule has 21 heavy (non-hydrogen) atoms. The Morgan fingerprint density at radius 3 is 2.81 bits per heavy atom. The van der Waals surface area contributed by atoms with Gasteiger partial charge in [0.2, 0.25) is 0 Å². The molecule has 5 nitrogen and oxygen atoms in total. The third kappa shape index (κ3) is 4.37. The number of nitrogens with one attached hydrogen (secondary N) is 1. The van der Waals surface area contributed by atoms with Gasteiger partial charge in [-0.25, -0.2) is 0 Å². The van der Waals surface area contributed by atoms with Gasteiger partial charge in [-0.15, -0.1) is 0 Å². The van der Waals surface area contributed by atoms with Crippen molar-refractivity contribution in [2.75, 3.05) is 17.7 Å². The van der Waals surface area contributed by atoms with E-state index in [9.17, 15) is 4.79 Å². The first-order valence-corrected chi connectivity index (χ1v) is 6.64. The highest BCUT2D eigenvalue weighted by Crippen LogP contribution is 2.24. The predicted octanol–water partition coefficient (Wildman–Crippen LogP) is 2.43. The number of hydrogen-bond acceptors (Lipinski definition) is 4. The highest BCUT2D eigenvalue weighted by atomic mass is 35.5. The number of ether oxygens (including phenoxy) is 1. The average molecular weight is 307 g/mol. The maximum Gasteiger partial charge on any atom is 0.262 e. The molecule has 1 amide bonds. The normalized spacial score (nSPS) is 10.2. The summed E-state index contributed by atoms with van der Waals surface area (Å²) in [6.45, 7) is -0.236. The second kappa shape index (κ2) is 6.97. The minimum atomic E-state index is -0.337. The number of hydrogen-bond donors (Lipinski definition) is 3. The molecule has 4 N–H and O–H groups in total. The van der Waals surface area contributed by atoms with E-state index >= 15 is 0 Å². The highest BCUT2D eigenvalue weighted by Gasteiger charge is 2.07. The Morgan fingerprint density at radius 2 is 2.10 bits per heavy atom. The number of halogens is 1. The van der Waals surface area contributed by atoms with E-state index < -0.39 is 0 Å². The van der Waals surface area contributed by atoms with E-state index in [0.717, 1.165) is 5.56 Å². The topological polar surface area (TPSA) is 84.6 Å². The Hall–Kier alpha value is -2.24. The van der Waals surface area contributed by atoms with Gasteiger partial charge in [0.1, 0.15) is 5.75 Å². The van der Waals surface area contributed by atoms with Crippen molar-refractivity contribution in [3.05, 3.63) is 53.1 Å². The monoisotopic (exact) mass is 306 g/mol. The summed E-state index contributed by atoms with van der Waals surface area (Å²) in [4.78, 5) is 11.8. The van der Waals surface area contributed by atoms with Crippen LogP contribution in [0.2, 0.25) is 5.02 Å². The zero-order valence-electron chi connectivity index (χ0n) is 11.2. The van der Waals surface area contributed by atoms with Crippen LogP contribution in [0.4, 0.5) is 11.4 Å². The van der Waals surface area contributed by atoms with E-state index in [2.05, 4.69) is 5.32 Å². The van der Waals surface area contributed by atoms with Crippen molar-refractivity contribution >= 4 is 28.9 Å². The molecule has 0 spiro atoms. The molecule has 110 valence electrons. The number of nitrogen functional groups attached to an aromatic ring is 1. The van der Waals surface area contributed by atoms with Crippen LogP contribution in [0.25, 0.3) is 0 Å². The van der Waals surface area contributed by atoms with Gasteiger partial charge in [0.15, 0.2) is 6.61 Å². The van der Waals surface area contributed by atoms with Crippen LogP contribution in [0, 0.1) is 0 Å². The van der Waals surface area contributed by atoms with E-state index in [1.54, 1.807) is 42.5 Å². The Labute approximate surface area is 127 Å². The zero-order valence-corrected chi connectivity index (χ0v) is 11.9. The number of carbonyl (C=O) groups excluding carboxylic acids is 1. The summed E-state index contributed by atoms with van der Waals surface area (Å²) in [5.74, 6) is 0.177. The number of anilines is 2. The van der Waals surface area contributed by atoms with E-state index in [-0.39, 0.29) is 19.1 Å². The Kier molecular flexibility index (Phi) is 5.03. The number of nitrogens with two attached hydrogens (primary N) is 1. The Balaban J connectivity index is 1.92. The Bertz CT molecular complexity index is 647.